The SMILES string of the molecule is CCc1[nH]c2nc(Sc3ccc4c(c3)CC=CC=C4)nc(N3CC(C4=CCCCCC4)C3)c2c1Cl. The Hall–Kier alpha value is -2.50. The number of halogens is 1. The number of rotatable bonds is 5. The third kappa shape index (κ3) is 4.56. The van der Waals surface area contributed by atoms with Crippen LogP contribution in [0.2, 0.25) is 5.02 Å². The molecule has 0 bridgehead atoms. The second-order valence-corrected chi connectivity index (χ2v) is 11.2. The van der Waals surface area contributed by atoms with Crippen LogP contribution < -0.4 is 4.90 Å². The van der Waals surface area contributed by atoms with Crippen LogP contribution in [0, 0.1) is 5.92 Å². The van der Waals surface area contributed by atoms with Crippen LogP contribution in [0.15, 0.2) is 58.1 Å². The largest absolute Gasteiger partial charge is 0.355 e. The van der Waals surface area contributed by atoms with Gasteiger partial charge in [-0.15, -0.1) is 0 Å². The Morgan fingerprint density at radius 2 is 2.06 bits per heavy atom. The first-order chi connectivity index (χ1) is 17.2. The molecule has 1 aliphatic heterocycles. The molecule has 3 heterocycles. The van der Waals surface area contributed by atoms with Gasteiger partial charge in [0.2, 0.25) is 0 Å². The van der Waals surface area contributed by atoms with Gasteiger partial charge in [0.15, 0.2) is 5.16 Å². The summed E-state index contributed by atoms with van der Waals surface area (Å²) in [5, 5.41) is 2.51. The van der Waals surface area contributed by atoms with Gasteiger partial charge in [-0.05, 0) is 73.5 Å². The number of hydrogen-bond acceptors (Lipinski definition) is 4. The van der Waals surface area contributed by atoms with Crippen molar-refractivity contribution in [2.45, 2.75) is 61.9 Å². The molecule has 6 heteroatoms. The standard InChI is InChI=1S/C29H31ClN4S/c1-2-24-26(30)25-27(31-24)32-29(35-23-15-14-20-12-8-5-9-13-21(20)16-23)33-28(25)34-17-22(18-34)19-10-6-3-4-7-11-19/h5,8-10,12,14-16,22H,2-4,6-7,11,13,17-18H2,1H3,(H,31,32,33). The summed E-state index contributed by atoms with van der Waals surface area (Å²) in [6.45, 7) is 4.15. The van der Waals surface area contributed by atoms with Crippen LogP contribution in [0.25, 0.3) is 17.1 Å². The van der Waals surface area contributed by atoms with E-state index in [4.69, 9.17) is 21.6 Å². The first-order valence-corrected chi connectivity index (χ1v) is 14.0. The molecule has 3 aromatic rings. The molecule has 0 amide bonds. The van der Waals surface area contributed by atoms with Gasteiger partial charge in [-0.2, -0.15) is 0 Å². The molecule has 1 fully saturated rings. The quantitative estimate of drug-likeness (QED) is 0.286. The van der Waals surface area contributed by atoms with Crippen molar-refractivity contribution in [3.05, 3.63) is 69.9 Å². The summed E-state index contributed by atoms with van der Waals surface area (Å²) in [5.41, 5.74) is 6.14. The van der Waals surface area contributed by atoms with E-state index in [-0.39, 0.29) is 0 Å². The molecule has 0 radical (unpaired) electrons. The van der Waals surface area contributed by atoms with Crippen LogP contribution in [-0.2, 0) is 12.8 Å². The number of aromatic nitrogens is 3. The van der Waals surface area contributed by atoms with Crippen LogP contribution in [0.4, 0.5) is 5.82 Å². The van der Waals surface area contributed by atoms with E-state index in [2.05, 4.69) is 65.4 Å². The van der Waals surface area contributed by atoms with E-state index in [1.54, 1.807) is 17.3 Å². The summed E-state index contributed by atoms with van der Waals surface area (Å²) >= 11 is 8.46. The maximum Gasteiger partial charge on any atom is 0.196 e. The normalized spacial score (nSPS) is 18.2. The van der Waals surface area contributed by atoms with Crippen LogP contribution in [0.1, 0.15) is 55.8 Å². The second kappa shape index (κ2) is 9.87. The molecule has 3 aliphatic rings. The lowest BCUT2D eigenvalue weighted by Gasteiger charge is -2.42. The Labute approximate surface area is 216 Å². The number of aryl methyl sites for hydroxylation is 1. The molecule has 6 rings (SSSR count). The Kier molecular flexibility index (Phi) is 6.46. The highest BCUT2D eigenvalue weighted by Gasteiger charge is 2.33. The maximum absolute atomic E-state index is 6.83. The maximum atomic E-state index is 6.83. The number of anilines is 1. The fraction of sp³-hybridized carbons (Fsp3) is 0.379. The predicted octanol–water partition coefficient (Wildman–Crippen LogP) is 7.78. The minimum absolute atomic E-state index is 0.642. The van der Waals surface area contributed by atoms with Crippen molar-refractivity contribution in [1.82, 2.24) is 15.0 Å². The van der Waals surface area contributed by atoms with E-state index in [1.165, 1.54) is 43.2 Å². The van der Waals surface area contributed by atoms with Gasteiger partial charge in [-0.3, -0.25) is 0 Å². The summed E-state index contributed by atoms with van der Waals surface area (Å²) in [7, 11) is 0. The Morgan fingerprint density at radius 3 is 2.94 bits per heavy atom. The number of allylic oxidation sites excluding steroid dienone is 4. The minimum Gasteiger partial charge on any atom is -0.355 e. The molecule has 0 spiro atoms. The molecule has 1 N–H and O–H groups in total. The zero-order chi connectivity index (χ0) is 23.8. The fourth-order valence-corrected chi connectivity index (χ4v) is 6.58. The highest BCUT2D eigenvalue weighted by atomic mass is 35.5. The van der Waals surface area contributed by atoms with Crippen LogP contribution in [0.5, 0.6) is 0 Å². The van der Waals surface area contributed by atoms with Gasteiger partial charge < -0.3 is 9.88 Å². The van der Waals surface area contributed by atoms with E-state index in [1.807, 2.05) is 0 Å². The topological polar surface area (TPSA) is 44.8 Å². The molecular weight excluding hydrogens is 472 g/mol. The Balaban J connectivity index is 1.31. The number of aromatic amines is 1. The first kappa shape index (κ1) is 22.9. The van der Waals surface area contributed by atoms with E-state index in [0.29, 0.717) is 5.92 Å². The third-order valence-corrected chi connectivity index (χ3v) is 8.71. The number of nitrogens with zero attached hydrogens (tertiary/aromatic N) is 3. The van der Waals surface area contributed by atoms with Crippen molar-refractivity contribution in [2.24, 2.45) is 5.92 Å². The number of fused-ring (bicyclic) bond motifs is 2. The molecule has 0 saturated carbocycles. The number of hydrogen-bond donors (Lipinski definition) is 1. The summed E-state index contributed by atoms with van der Waals surface area (Å²) in [6, 6.07) is 6.64. The molecule has 4 nitrogen and oxygen atoms in total. The van der Waals surface area contributed by atoms with E-state index in [9.17, 15) is 0 Å². The fourth-order valence-electron chi connectivity index (χ4n) is 5.41. The second-order valence-electron chi connectivity index (χ2n) is 9.76. The van der Waals surface area contributed by atoms with Crippen LogP contribution in [0.3, 0.4) is 0 Å². The van der Waals surface area contributed by atoms with Crippen molar-refractivity contribution >= 4 is 46.3 Å². The van der Waals surface area contributed by atoms with Crippen LogP contribution in [-0.4, -0.2) is 28.0 Å². The summed E-state index contributed by atoms with van der Waals surface area (Å²) in [5.74, 6) is 1.62. The summed E-state index contributed by atoms with van der Waals surface area (Å²) in [4.78, 5) is 17.0. The zero-order valence-corrected chi connectivity index (χ0v) is 21.8. The molecule has 1 saturated heterocycles. The molecule has 0 unspecified atom stereocenters. The highest BCUT2D eigenvalue weighted by molar-refractivity contribution is 7.99. The molecular formula is C29H31ClN4S. The van der Waals surface area contributed by atoms with E-state index < -0.39 is 0 Å². The van der Waals surface area contributed by atoms with Gasteiger partial charge in [0.1, 0.15) is 11.5 Å². The van der Waals surface area contributed by atoms with Gasteiger partial charge in [0, 0.05) is 29.6 Å². The zero-order valence-electron chi connectivity index (χ0n) is 20.2. The lowest BCUT2D eigenvalue weighted by atomic mass is 9.88. The Bertz CT molecular complexity index is 1350. The monoisotopic (exact) mass is 502 g/mol. The molecule has 35 heavy (non-hydrogen) atoms. The molecule has 0 atom stereocenters. The number of nitrogens with one attached hydrogen (secondary N) is 1. The summed E-state index contributed by atoms with van der Waals surface area (Å²) in [6.07, 6.45) is 19.4. The van der Waals surface area contributed by atoms with E-state index >= 15 is 0 Å². The molecule has 180 valence electrons. The van der Waals surface area contributed by atoms with Crippen molar-refractivity contribution in [2.75, 3.05) is 18.0 Å². The van der Waals surface area contributed by atoms with E-state index in [0.717, 1.165) is 63.6 Å². The van der Waals surface area contributed by atoms with Crippen LogP contribution >= 0.6 is 23.4 Å². The number of H-pyrrole nitrogens is 1. The lowest BCUT2D eigenvalue weighted by Crippen LogP contribution is -2.48. The molecule has 2 aliphatic carbocycles. The van der Waals surface area contributed by atoms with Crippen molar-refractivity contribution in [3.8, 4) is 0 Å². The summed E-state index contributed by atoms with van der Waals surface area (Å²) < 4.78 is 0. The third-order valence-electron chi connectivity index (χ3n) is 7.44. The predicted molar refractivity (Wildman–Crippen MR) is 148 cm³/mol. The van der Waals surface area contributed by atoms with Crippen molar-refractivity contribution in [1.29, 1.82) is 0 Å². The lowest BCUT2D eigenvalue weighted by molar-refractivity contribution is 0.451. The first-order valence-electron chi connectivity index (χ1n) is 12.9. The van der Waals surface area contributed by atoms with Gasteiger partial charge in [-0.1, -0.05) is 67.0 Å². The highest BCUT2D eigenvalue weighted by Crippen LogP contribution is 2.41. The Morgan fingerprint density at radius 1 is 1.14 bits per heavy atom. The molecule has 1 aromatic carbocycles. The van der Waals surface area contributed by atoms with Gasteiger partial charge >= 0.3 is 0 Å². The van der Waals surface area contributed by atoms with Gasteiger partial charge in [0.25, 0.3) is 0 Å². The van der Waals surface area contributed by atoms with Crippen molar-refractivity contribution < 1.29 is 0 Å². The minimum atomic E-state index is 0.642. The van der Waals surface area contributed by atoms with Crippen molar-refractivity contribution in [3.63, 3.8) is 0 Å². The smallest absolute Gasteiger partial charge is 0.196 e. The molecule has 2 aromatic heterocycles. The number of benzene rings is 1. The average molecular weight is 503 g/mol. The average Bonchev–Trinajstić information content (AvgIpc) is 3.05. The van der Waals surface area contributed by atoms with Gasteiger partial charge in [0.05, 0.1) is 10.4 Å². The van der Waals surface area contributed by atoms with Gasteiger partial charge in [-0.25, -0.2) is 9.97 Å².